The van der Waals surface area contributed by atoms with Gasteiger partial charge in [0.2, 0.25) is 0 Å². The summed E-state index contributed by atoms with van der Waals surface area (Å²) >= 11 is 0. The van der Waals surface area contributed by atoms with Crippen molar-refractivity contribution in [2.75, 3.05) is 6.61 Å². The molecule has 0 saturated carbocycles. The molecule has 1 aromatic carbocycles. The first-order valence-corrected chi connectivity index (χ1v) is 10.4. The molecule has 0 aliphatic rings. The maximum Gasteiger partial charge on any atom is 0.296 e. The van der Waals surface area contributed by atoms with Gasteiger partial charge >= 0.3 is 0 Å². The molecular formula is C20H30O3S. The van der Waals surface area contributed by atoms with Crippen molar-refractivity contribution < 1.29 is 12.6 Å². The van der Waals surface area contributed by atoms with Gasteiger partial charge in [0.25, 0.3) is 10.1 Å². The van der Waals surface area contributed by atoms with Crippen LogP contribution in [0.1, 0.15) is 69.8 Å². The zero-order valence-corrected chi connectivity index (χ0v) is 15.6. The molecule has 0 amide bonds. The van der Waals surface area contributed by atoms with Gasteiger partial charge in [0, 0.05) is 6.42 Å². The predicted molar refractivity (Wildman–Crippen MR) is 99.3 cm³/mol. The summed E-state index contributed by atoms with van der Waals surface area (Å²) in [6.45, 7) is 2.19. The van der Waals surface area contributed by atoms with Gasteiger partial charge < -0.3 is 0 Å². The van der Waals surface area contributed by atoms with Crippen molar-refractivity contribution in [1.82, 2.24) is 0 Å². The number of hydrogen-bond acceptors (Lipinski definition) is 3. The second-order valence-electron chi connectivity index (χ2n) is 6.23. The van der Waals surface area contributed by atoms with Crippen molar-refractivity contribution in [3.63, 3.8) is 0 Å². The molecule has 0 atom stereocenters. The van der Waals surface area contributed by atoms with E-state index in [4.69, 9.17) is 10.6 Å². The smallest absolute Gasteiger partial charge is 0.266 e. The minimum atomic E-state index is -3.60. The molecule has 0 heterocycles. The maximum atomic E-state index is 12.0. The van der Waals surface area contributed by atoms with Crippen LogP contribution in [0.3, 0.4) is 0 Å². The van der Waals surface area contributed by atoms with Crippen molar-refractivity contribution in [2.24, 2.45) is 0 Å². The minimum absolute atomic E-state index is 0.234. The third-order valence-electron chi connectivity index (χ3n) is 4.01. The highest BCUT2D eigenvalue weighted by atomic mass is 32.2. The van der Waals surface area contributed by atoms with Crippen molar-refractivity contribution in [1.29, 1.82) is 0 Å². The molecule has 24 heavy (non-hydrogen) atoms. The largest absolute Gasteiger partial charge is 0.296 e. The lowest BCUT2D eigenvalue weighted by atomic mass is 10.1. The Bertz CT molecular complexity index is 582. The molecule has 134 valence electrons. The van der Waals surface area contributed by atoms with E-state index in [-0.39, 0.29) is 11.5 Å². The standard InChI is InChI=1S/C20H30O3S/c1-3-4-5-6-7-8-9-10-11-12-13-18-23-24(21,22)20-16-14-19(2)15-17-20/h1,14-17H,4-13,18H2,2H3. The van der Waals surface area contributed by atoms with Crippen molar-refractivity contribution in [2.45, 2.75) is 76.0 Å². The summed E-state index contributed by atoms with van der Waals surface area (Å²) in [6, 6.07) is 6.74. The van der Waals surface area contributed by atoms with Gasteiger partial charge in [0.05, 0.1) is 11.5 Å². The lowest BCUT2D eigenvalue weighted by molar-refractivity contribution is 0.306. The van der Waals surface area contributed by atoms with Gasteiger partial charge in [-0.05, 0) is 31.9 Å². The highest BCUT2D eigenvalue weighted by Crippen LogP contribution is 2.15. The van der Waals surface area contributed by atoms with Crippen LogP contribution in [-0.4, -0.2) is 15.0 Å². The summed E-state index contributed by atoms with van der Waals surface area (Å²) < 4.78 is 29.1. The van der Waals surface area contributed by atoms with E-state index >= 15 is 0 Å². The van der Waals surface area contributed by atoms with Crippen LogP contribution in [0.5, 0.6) is 0 Å². The number of rotatable bonds is 13. The van der Waals surface area contributed by atoms with Crippen LogP contribution >= 0.6 is 0 Å². The number of terminal acetylenes is 1. The molecule has 0 aliphatic heterocycles. The Hall–Kier alpha value is -1.31. The lowest BCUT2D eigenvalue weighted by Gasteiger charge is -2.06. The first kappa shape index (κ1) is 20.7. The zero-order valence-electron chi connectivity index (χ0n) is 14.8. The van der Waals surface area contributed by atoms with E-state index in [0.717, 1.165) is 37.7 Å². The molecule has 4 heteroatoms. The summed E-state index contributed by atoms with van der Waals surface area (Å²) in [4.78, 5) is 0.234. The average molecular weight is 351 g/mol. The fraction of sp³-hybridized carbons (Fsp3) is 0.600. The van der Waals surface area contributed by atoms with Gasteiger partial charge in [0.1, 0.15) is 0 Å². The van der Waals surface area contributed by atoms with Gasteiger partial charge in [-0.3, -0.25) is 4.18 Å². The quantitative estimate of drug-likeness (QED) is 0.278. The van der Waals surface area contributed by atoms with E-state index in [0.29, 0.717) is 0 Å². The van der Waals surface area contributed by atoms with Gasteiger partial charge in [0.15, 0.2) is 0 Å². The van der Waals surface area contributed by atoms with Gasteiger partial charge in [-0.2, -0.15) is 8.42 Å². The number of unbranched alkanes of at least 4 members (excludes halogenated alkanes) is 9. The van der Waals surface area contributed by atoms with Crippen LogP contribution in [0.2, 0.25) is 0 Å². The van der Waals surface area contributed by atoms with Crippen LogP contribution < -0.4 is 0 Å². The van der Waals surface area contributed by atoms with Crippen molar-refractivity contribution >= 4 is 10.1 Å². The third kappa shape index (κ3) is 9.10. The number of hydrogen-bond donors (Lipinski definition) is 0. The molecule has 0 spiro atoms. The van der Waals surface area contributed by atoms with E-state index in [1.54, 1.807) is 24.3 Å². The fourth-order valence-electron chi connectivity index (χ4n) is 2.51. The van der Waals surface area contributed by atoms with Gasteiger partial charge in [-0.1, -0.05) is 62.6 Å². The molecule has 1 aromatic rings. The molecule has 1 rings (SSSR count). The molecule has 0 aliphatic carbocycles. The van der Waals surface area contributed by atoms with E-state index in [1.807, 2.05) is 6.92 Å². The lowest BCUT2D eigenvalue weighted by Crippen LogP contribution is -2.07. The van der Waals surface area contributed by atoms with Crippen molar-refractivity contribution in [3.8, 4) is 12.3 Å². The normalized spacial score (nSPS) is 11.3. The molecule has 0 bridgehead atoms. The number of aryl methyl sites for hydroxylation is 1. The molecule has 0 aromatic heterocycles. The first-order chi connectivity index (χ1) is 11.6. The molecule has 0 radical (unpaired) electrons. The molecule has 0 fully saturated rings. The topological polar surface area (TPSA) is 43.4 Å². The maximum absolute atomic E-state index is 12.0. The Kier molecular flexibility index (Phi) is 10.5. The first-order valence-electron chi connectivity index (χ1n) is 8.96. The van der Waals surface area contributed by atoms with Gasteiger partial charge in [-0.15, -0.1) is 12.3 Å². The highest BCUT2D eigenvalue weighted by Gasteiger charge is 2.14. The van der Waals surface area contributed by atoms with Crippen LogP contribution in [0.25, 0.3) is 0 Å². The Morgan fingerprint density at radius 3 is 1.92 bits per heavy atom. The molecular weight excluding hydrogens is 320 g/mol. The molecule has 0 N–H and O–H groups in total. The van der Waals surface area contributed by atoms with Crippen LogP contribution in [0.15, 0.2) is 29.2 Å². The van der Waals surface area contributed by atoms with E-state index in [1.165, 1.54) is 32.1 Å². The van der Waals surface area contributed by atoms with E-state index in [2.05, 4.69) is 5.92 Å². The molecule has 0 unspecified atom stereocenters. The predicted octanol–water partition coefficient (Wildman–Crippen LogP) is 5.23. The number of benzene rings is 1. The van der Waals surface area contributed by atoms with E-state index in [9.17, 15) is 8.42 Å². The summed E-state index contributed by atoms with van der Waals surface area (Å²) in [5.41, 5.74) is 1.03. The molecule has 0 saturated heterocycles. The minimum Gasteiger partial charge on any atom is -0.266 e. The Morgan fingerprint density at radius 2 is 1.38 bits per heavy atom. The Balaban J connectivity index is 2.02. The summed E-state index contributed by atoms with van der Waals surface area (Å²) in [6.07, 6.45) is 16.4. The Labute approximate surface area is 147 Å². The van der Waals surface area contributed by atoms with E-state index < -0.39 is 10.1 Å². The van der Waals surface area contributed by atoms with Crippen molar-refractivity contribution in [3.05, 3.63) is 29.8 Å². The zero-order chi connectivity index (χ0) is 17.7. The Morgan fingerprint density at radius 1 is 0.875 bits per heavy atom. The second-order valence-corrected chi connectivity index (χ2v) is 7.84. The summed E-state index contributed by atoms with van der Waals surface area (Å²) in [7, 11) is -3.60. The average Bonchev–Trinajstić information content (AvgIpc) is 2.56. The summed E-state index contributed by atoms with van der Waals surface area (Å²) in [5.74, 6) is 2.67. The SMILES string of the molecule is C#CCCCCCCCCCCCOS(=O)(=O)c1ccc(C)cc1. The second kappa shape index (κ2) is 12.1. The fourth-order valence-corrected chi connectivity index (χ4v) is 3.45. The van der Waals surface area contributed by atoms with Crippen LogP contribution in [0.4, 0.5) is 0 Å². The molecule has 3 nitrogen and oxygen atoms in total. The van der Waals surface area contributed by atoms with Crippen LogP contribution in [-0.2, 0) is 14.3 Å². The van der Waals surface area contributed by atoms with Crippen LogP contribution in [0, 0.1) is 19.3 Å². The monoisotopic (exact) mass is 350 g/mol. The van der Waals surface area contributed by atoms with Gasteiger partial charge in [-0.25, -0.2) is 0 Å². The summed E-state index contributed by atoms with van der Waals surface area (Å²) in [5, 5.41) is 0. The highest BCUT2D eigenvalue weighted by molar-refractivity contribution is 7.86. The third-order valence-corrected chi connectivity index (χ3v) is 5.34.